The lowest BCUT2D eigenvalue weighted by atomic mass is 9.98. The average Bonchev–Trinajstić information content (AvgIpc) is 2.83. The molecule has 1 heterocycles. The largest absolute Gasteiger partial charge is 0.479 e. The average molecular weight is 301 g/mol. The van der Waals surface area contributed by atoms with Crippen molar-refractivity contribution in [1.82, 2.24) is 5.32 Å². The number of hydrogen-bond donors (Lipinski definition) is 2. The topological polar surface area (TPSA) is 66.4 Å². The van der Waals surface area contributed by atoms with E-state index in [0.29, 0.717) is 11.8 Å². The smallest absolute Gasteiger partial charge is 0.330 e. The Labute approximate surface area is 118 Å². The number of aliphatic carboxylic acids is 1. The summed E-state index contributed by atoms with van der Waals surface area (Å²) in [5.41, 5.74) is -1.60. The van der Waals surface area contributed by atoms with Crippen molar-refractivity contribution < 1.29 is 23.5 Å². The minimum absolute atomic E-state index is 0.127. The van der Waals surface area contributed by atoms with Crippen LogP contribution in [0.3, 0.4) is 0 Å². The number of carboxylic acid groups (broad SMARTS) is 1. The minimum atomic E-state index is -1.38. The second-order valence-corrected chi connectivity index (χ2v) is 5.83. The molecule has 1 unspecified atom stereocenters. The van der Waals surface area contributed by atoms with Crippen LogP contribution >= 0.6 is 11.8 Å². The summed E-state index contributed by atoms with van der Waals surface area (Å²) in [5.74, 6) is -2.89. The van der Waals surface area contributed by atoms with Crippen molar-refractivity contribution in [1.29, 1.82) is 0 Å². The lowest BCUT2D eigenvalue weighted by Gasteiger charge is -2.24. The van der Waals surface area contributed by atoms with Crippen LogP contribution in [0, 0.1) is 18.6 Å². The number of thioether (sulfide) groups is 1. The number of carbonyl (C=O) groups excluding carboxylic acids is 1. The van der Waals surface area contributed by atoms with Crippen LogP contribution in [0.25, 0.3) is 0 Å². The molecule has 0 aromatic heterocycles. The molecule has 2 rings (SSSR count). The summed E-state index contributed by atoms with van der Waals surface area (Å²) >= 11 is 1.41. The maximum absolute atomic E-state index is 13.6. The van der Waals surface area contributed by atoms with Gasteiger partial charge in [0.05, 0.1) is 5.56 Å². The lowest BCUT2D eigenvalue weighted by Crippen LogP contribution is -2.54. The molecule has 2 N–H and O–H groups in total. The highest BCUT2D eigenvalue weighted by Gasteiger charge is 2.43. The fourth-order valence-corrected chi connectivity index (χ4v) is 3.33. The van der Waals surface area contributed by atoms with Crippen LogP contribution in [0.4, 0.5) is 8.78 Å². The molecule has 1 amide bonds. The summed E-state index contributed by atoms with van der Waals surface area (Å²) in [5, 5.41) is 11.6. The Balaban J connectivity index is 2.28. The van der Waals surface area contributed by atoms with E-state index in [0.717, 1.165) is 6.07 Å². The fraction of sp³-hybridized carbons (Fsp3) is 0.385. The maximum atomic E-state index is 13.6. The van der Waals surface area contributed by atoms with Gasteiger partial charge in [-0.25, -0.2) is 13.6 Å². The van der Waals surface area contributed by atoms with E-state index in [4.69, 9.17) is 0 Å². The second-order valence-electron chi connectivity index (χ2n) is 4.73. The Kier molecular flexibility index (Phi) is 3.99. The van der Waals surface area contributed by atoms with Crippen LogP contribution in [-0.2, 0) is 4.79 Å². The molecule has 7 heteroatoms. The van der Waals surface area contributed by atoms with Gasteiger partial charge in [0.25, 0.3) is 5.91 Å². The molecule has 0 saturated carbocycles. The summed E-state index contributed by atoms with van der Waals surface area (Å²) in [4.78, 5) is 23.4. The number of rotatable bonds is 3. The van der Waals surface area contributed by atoms with Crippen LogP contribution in [-0.4, -0.2) is 34.0 Å². The van der Waals surface area contributed by atoms with E-state index < -0.39 is 29.0 Å². The van der Waals surface area contributed by atoms with Gasteiger partial charge in [0.1, 0.15) is 17.2 Å². The number of aryl methyl sites for hydroxylation is 1. The monoisotopic (exact) mass is 301 g/mol. The van der Waals surface area contributed by atoms with E-state index in [9.17, 15) is 23.5 Å². The van der Waals surface area contributed by atoms with E-state index in [1.54, 1.807) is 0 Å². The zero-order chi connectivity index (χ0) is 14.9. The Morgan fingerprint density at radius 2 is 2.05 bits per heavy atom. The van der Waals surface area contributed by atoms with E-state index in [1.165, 1.54) is 18.7 Å². The molecular formula is C13H13F2NO3S. The van der Waals surface area contributed by atoms with Crippen molar-refractivity contribution in [2.24, 2.45) is 0 Å². The number of hydrogen-bond acceptors (Lipinski definition) is 3. The molecule has 0 radical (unpaired) electrons. The van der Waals surface area contributed by atoms with E-state index in [1.807, 2.05) is 0 Å². The fourth-order valence-electron chi connectivity index (χ4n) is 2.00. The standard InChI is InChI=1S/C13H13F2NO3S/c1-7-4-8(10(15)5-9(7)14)11(17)16-13(12(18)19)2-3-20-6-13/h4-5H,2-3,6H2,1H3,(H,16,17)(H,18,19). The van der Waals surface area contributed by atoms with Gasteiger partial charge in [-0.15, -0.1) is 0 Å². The van der Waals surface area contributed by atoms with Crippen molar-refractivity contribution in [3.05, 3.63) is 34.9 Å². The molecule has 0 aliphatic carbocycles. The molecule has 1 saturated heterocycles. The van der Waals surface area contributed by atoms with Crippen LogP contribution < -0.4 is 5.32 Å². The molecular weight excluding hydrogens is 288 g/mol. The van der Waals surface area contributed by atoms with Gasteiger partial charge in [-0.05, 0) is 30.7 Å². The number of nitrogens with one attached hydrogen (secondary N) is 1. The predicted octanol–water partition coefficient (Wildman–Crippen LogP) is 1.96. The van der Waals surface area contributed by atoms with Crippen molar-refractivity contribution in [3.63, 3.8) is 0 Å². The van der Waals surface area contributed by atoms with Crippen LogP contribution in [0.15, 0.2) is 12.1 Å². The molecule has 1 aliphatic heterocycles. The molecule has 1 aromatic carbocycles. The van der Waals surface area contributed by atoms with Crippen molar-refractivity contribution >= 4 is 23.6 Å². The van der Waals surface area contributed by atoms with E-state index in [2.05, 4.69) is 5.32 Å². The summed E-state index contributed by atoms with van der Waals surface area (Å²) in [6, 6.07) is 1.71. The normalized spacial score (nSPS) is 21.8. The van der Waals surface area contributed by atoms with Crippen LogP contribution in [0.5, 0.6) is 0 Å². The Bertz CT molecular complexity index is 571. The third kappa shape index (κ3) is 2.63. The highest BCUT2D eigenvalue weighted by Crippen LogP contribution is 2.29. The third-order valence-electron chi connectivity index (χ3n) is 3.28. The quantitative estimate of drug-likeness (QED) is 0.895. The molecule has 1 atom stereocenters. The third-order valence-corrected chi connectivity index (χ3v) is 4.47. The minimum Gasteiger partial charge on any atom is -0.479 e. The molecule has 20 heavy (non-hydrogen) atoms. The van der Waals surface area contributed by atoms with Gasteiger partial charge < -0.3 is 10.4 Å². The first-order chi connectivity index (χ1) is 9.35. The van der Waals surface area contributed by atoms with Gasteiger partial charge in [0.2, 0.25) is 0 Å². The van der Waals surface area contributed by atoms with Gasteiger partial charge in [-0.2, -0.15) is 11.8 Å². The summed E-state index contributed by atoms with van der Waals surface area (Å²) in [7, 11) is 0. The van der Waals surface area contributed by atoms with Gasteiger partial charge in [-0.3, -0.25) is 4.79 Å². The van der Waals surface area contributed by atoms with Crippen molar-refractivity contribution in [2.45, 2.75) is 18.9 Å². The number of carbonyl (C=O) groups is 2. The molecule has 1 aliphatic rings. The summed E-state index contributed by atoms with van der Waals surface area (Å²) in [6.07, 6.45) is 0.278. The predicted molar refractivity (Wildman–Crippen MR) is 70.9 cm³/mol. The van der Waals surface area contributed by atoms with Crippen molar-refractivity contribution in [2.75, 3.05) is 11.5 Å². The molecule has 4 nitrogen and oxygen atoms in total. The molecule has 0 spiro atoms. The van der Waals surface area contributed by atoms with E-state index in [-0.39, 0.29) is 23.3 Å². The molecule has 1 aromatic rings. The Morgan fingerprint density at radius 1 is 1.35 bits per heavy atom. The van der Waals surface area contributed by atoms with Gasteiger partial charge in [0.15, 0.2) is 0 Å². The van der Waals surface area contributed by atoms with Gasteiger partial charge in [-0.1, -0.05) is 0 Å². The molecule has 1 fully saturated rings. The SMILES string of the molecule is Cc1cc(C(=O)NC2(C(=O)O)CCSC2)c(F)cc1F. The molecule has 0 bridgehead atoms. The first kappa shape index (κ1) is 14.8. The van der Waals surface area contributed by atoms with Crippen molar-refractivity contribution in [3.8, 4) is 0 Å². The highest BCUT2D eigenvalue weighted by atomic mass is 32.2. The Morgan fingerprint density at radius 3 is 2.60 bits per heavy atom. The highest BCUT2D eigenvalue weighted by molar-refractivity contribution is 7.99. The van der Waals surface area contributed by atoms with Crippen LogP contribution in [0.1, 0.15) is 22.3 Å². The number of benzene rings is 1. The number of carboxylic acids is 1. The summed E-state index contributed by atoms with van der Waals surface area (Å²) in [6.45, 7) is 1.41. The Hall–Kier alpha value is -1.63. The zero-order valence-electron chi connectivity index (χ0n) is 10.7. The second kappa shape index (κ2) is 5.40. The van der Waals surface area contributed by atoms with Gasteiger partial charge >= 0.3 is 5.97 Å². The number of halogens is 2. The zero-order valence-corrected chi connectivity index (χ0v) is 11.5. The number of amides is 1. The van der Waals surface area contributed by atoms with E-state index >= 15 is 0 Å². The molecule has 108 valence electrons. The summed E-state index contributed by atoms with van der Waals surface area (Å²) < 4.78 is 26.8. The maximum Gasteiger partial charge on any atom is 0.330 e. The lowest BCUT2D eigenvalue weighted by molar-refractivity contribution is -0.143. The first-order valence-electron chi connectivity index (χ1n) is 5.95. The van der Waals surface area contributed by atoms with Crippen LogP contribution in [0.2, 0.25) is 0 Å². The van der Waals surface area contributed by atoms with Gasteiger partial charge in [0, 0.05) is 11.8 Å². The first-order valence-corrected chi connectivity index (χ1v) is 7.10.